The van der Waals surface area contributed by atoms with E-state index >= 15 is 0 Å². The van der Waals surface area contributed by atoms with Crippen molar-refractivity contribution in [2.45, 2.75) is 32.2 Å². The highest BCUT2D eigenvalue weighted by Crippen LogP contribution is 2.08. The van der Waals surface area contributed by atoms with Crippen molar-refractivity contribution in [1.82, 2.24) is 5.32 Å². The Labute approximate surface area is 76.1 Å². The second-order valence-electron chi connectivity index (χ2n) is 3.11. The van der Waals surface area contributed by atoms with E-state index in [0.717, 1.165) is 0 Å². The first-order valence-corrected chi connectivity index (χ1v) is 3.86. The summed E-state index contributed by atoms with van der Waals surface area (Å²) >= 11 is 0. The van der Waals surface area contributed by atoms with Gasteiger partial charge in [-0.1, -0.05) is 0 Å². The minimum atomic E-state index is -1.07. The number of aldehydes is 1. The number of hydrogen-bond acceptors (Lipinski definition) is 3. The lowest BCUT2D eigenvalue weighted by molar-refractivity contribution is -0.138. The van der Waals surface area contributed by atoms with Gasteiger partial charge in [0.1, 0.15) is 6.29 Å². The summed E-state index contributed by atoms with van der Waals surface area (Å²) in [4.78, 5) is 31.4. The Bertz CT molecular complexity index is 226. The molecule has 0 spiro atoms. The number of carboxylic acids is 1. The van der Waals surface area contributed by atoms with Crippen molar-refractivity contribution in [3.8, 4) is 0 Å². The van der Waals surface area contributed by atoms with Crippen molar-refractivity contribution < 1.29 is 19.5 Å². The molecular weight excluding hydrogens is 174 g/mol. The number of carboxylic acid groups (broad SMARTS) is 1. The number of hydrogen-bond donors (Lipinski definition) is 2. The Hall–Kier alpha value is -1.39. The molecule has 5 nitrogen and oxygen atoms in total. The van der Waals surface area contributed by atoms with Crippen molar-refractivity contribution in [3.05, 3.63) is 0 Å². The molecule has 74 valence electrons. The zero-order valence-electron chi connectivity index (χ0n) is 7.66. The van der Waals surface area contributed by atoms with Crippen LogP contribution in [0.15, 0.2) is 0 Å². The largest absolute Gasteiger partial charge is 0.481 e. The fraction of sp³-hybridized carbons (Fsp3) is 0.625. The highest BCUT2D eigenvalue weighted by Gasteiger charge is 2.24. The van der Waals surface area contributed by atoms with Gasteiger partial charge in [-0.2, -0.15) is 0 Å². The minimum Gasteiger partial charge on any atom is -0.481 e. The first kappa shape index (κ1) is 11.6. The topological polar surface area (TPSA) is 83.5 Å². The van der Waals surface area contributed by atoms with Gasteiger partial charge in [0.15, 0.2) is 0 Å². The molecule has 2 N–H and O–H groups in total. The zero-order valence-corrected chi connectivity index (χ0v) is 7.66. The van der Waals surface area contributed by atoms with Crippen LogP contribution >= 0.6 is 0 Å². The fourth-order valence-corrected chi connectivity index (χ4v) is 0.920. The summed E-state index contributed by atoms with van der Waals surface area (Å²) in [5, 5.41) is 10.8. The summed E-state index contributed by atoms with van der Waals surface area (Å²) in [6, 6.07) is 0. The Kier molecular flexibility index (Phi) is 4.10. The van der Waals surface area contributed by atoms with E-state index in [-0.39, 0.29) is 18.7 Å². The third kappa shape index (κ3) is 4.95. The fourth-order valence-electron chi connectivity index (χ4n) is 0.920. The molecule has 0 saturated heterocycles. The normalized spacial score (nSPS) is 14.3. The standard InChI is InChI=1S/C8H13NO4/c1-6(11)9-8(2,5-10)4-3-7(12)13/h5H,3-4H2,1-2H3,(H,9,11)(H,12,13)/t8-/m0/s1. The van der Waals surface area contributed by atoms with E-state index in [2.05, 4.69) is 5.32 Å². The molecule has 0 bridgehead atoms. The van der Waals surface area contributed by atoms with Crippen molar-refractivity contribution in [2.24, 2.45) is 0 Å². The zero-order chi connectivity index (χ0) is 10.5. The number of carbonyl (C=O) groups excluding carboxylic acids is 2. The number of aliphatic carboxylic acids is 1. The summed E-state index contributed by atoms with van der Waals surface area (Å²) < 4.78 is 0. The molecule has 0 aromatic carbocycles. The maximum Gasteiger partial charge on any atom is 0.303 e. The molecule has 1 atom stereocenters. The highest BCUT2D eigenvalue weighted by atomic mass is 16.4. The molecule has 13 heavy (non-hydrogen) atoms. The quantitative estimate of drug-likeness (QED) is 0.591. The molecule has 0 aliphatic rings. The van der Waals surface area contributed by atoms with Gasteiger partial charge in [-0.3, -0.25) is 9.59 Å². The predicted molar refractivity (Wildman–Crippen MR) is 45.2 cm³/mol. The van der Waals surface area contributed by atoms with Crippen LogP contribution in [0.25, 0.3) is 0 Å². The smallest absolute Gasteiger partial charge is 0.303 e. The van der Waals surface area contributed by atoms with Gasteiger partial charge >= 0.3 is 5.97 Å². The Morgan fingerprint density at radius 2 is 2.08 bits per heavy atom. The molecule has 5 heteroatoms. The summed E-state index contributed by atoms with van der Waals surface area (Å²) in [6.45, 7) is 2.77. The van der Waals surface area contributed by atoms with Crippen molar-refractivity contribution in [1.29, 1.82) is 0 Å². The van der Waals surface area contributed by atoms with Crippen LogP contribution in [0.2, 0.25) is 0 Å². The Morgan fingerprint density at radius 3 is 2.38 bits per heavy atom. The molecule has 0 aromatic rings. The molecule has 1 amide bonds. The second kappa shape index (κ2) is 4.59. The highest BCUT2D eigenvalue weighted by molar-refractivity contribution is 5.80. The van der Waals surface area contributed by atoms with Gasteiger partial charge in [-0.25, -0.2) is 0 Å². The number of nitrogens with one attached hydrogen (secondary N) is 1. The van der Waals surface area contributed by atoms with E-state index < -0.39 is 11.5 Å². The lowest BCUT2D eigenvalue weighted by Crippen LogP contribution is -2.46. The minimum absolute atomic E-state index is 0.103. The molecule has 0 saturated carbocycles. The first-order chi connectivity index (χ1) is 5.89. The number of carbonyl (C=O) groups is 3. The average Bonchev–Trinajstić information content (AvgIpc) is 2.00. The van der Waals surface area contributed by atoms with Crippen LogP contribution in [0.5, 0.6) is 0 Å². The summed E-state index contributed by atoms with van der Waals surface area (Å²) in [7, 11) is 0. The maximum absolute atomic E-state index is 10.6. The first-order valence-electron chi connectivity index (χ1n) is 3.86. The summed E-state index contributed by atoms with van der Waals surface area (Å²) in [6.07, 6.45) is 0.512. The van der Waals surface area contributed by atoms with Crippen molar-refractivity contribution in [3.63, 3.8) is 0 Å². The lowest BCUT2D eigenvalue weighted by Gasteiger charge is -2.22. The van der Waals surface area contributed by atoms with Gasteiger partial charge in [-0.05, 0) is 13.3 Å². The van der Waals surface area contributed by atoms with Crippen LogP contribution in [-0.4, -0.2) is 28.8 Å². The summed E-state index contributed by atoms with van der Waals surface area (Å²) in [5.41, 5.74) is -1.07. The Morgan fingerprint density at radius 1 is 1.54 bits per heavy atom. The Balaban J connectivity index is 4.19. The SMILES string of the molecule is CC(=O)N[C@](C)(C=O)CCC(=O)O. The van der Waals surface area contributed by atoms with Gasteiger partial charge in [0.2, 0.25) is 5.91 Å². The van der Waals surface area contributed by atoms with Crippen molar-refractivity contribution >= 4 is 18.2 Å². The van der Waals surface area contributed by atoms with E-state index in [0.29, 0.717) is 6.29 Å². The van der Waals surface area contributed by atoms with Crippen LogP contribution in [0.4, 0.5) is 0 Å². The van der Waals surface area contributed by atoms with Gasteiger partial charge < -0.3 is 15.2 Å². The second-order valence-corrected chi connectivity index (χ2v) is 3.11. The van der Waals surface area contributed by atoms with Gasteiger partial charge in [0.25, 0.3) is 0 Å². The van der Waals surface area contributed by atoms with Crippen LogP contribution in [-0.2, 0) is 14.4 Å². The van der Waals surface area contributed by atoms with E-state index in [4.69, 9.17) is 5.11 Å². The monoisotopic (exact) mass is 187 g/mol. The van der Waals surface area contributed by atoms with E-state index in [1.807, 2.05) is 0 Å². The van der Waals surface area contributed by atoms with Crippen LogP contribution in [0, 0.1) is 0 Å². The van der Waals surface area contributed by atoms with E-state index in [1.54, 1.807) is 0 Å². The van der Waals surface area contributed by atoms with Crippen molar-refractivity contribution in [2.75, 3.05) is 0 Å². The molecule has 0 heterocycles. The van der Waals surface area contributed by atoms with Crippen LogP contribution in [0.3, 0.4) is 0 Å². The molecule has 0 unspecified atom stereocenters. The molecule has 0 aliphatic carbocycles. The molecule has 0 aliphatic heterocycles. The van der Waals surface area contributed by atoms with E-state index in [9.17, 15) is 14.4 Å². The van der Waals surface area contributed by atoms with Crippen LogP contribution < -0.4 is 5.32 Å². The summed E-state index contributed by atoms with van der Waals surface area (Å²) in [5.74, 6) is -1.33. The molecule has 0 rings (SSSR count). The maximum atomic E-state index is 10.6. The number of amides is 1. The van der Waals surface area contributed by atoms with Crippen LogP contribution in [0.1, 0.15) is 26.7 Å². The predicted octanol–water partition coefficient (Wildman–Crippen LogP) is -0.0551. The molecular formula is C8H13NO4. The van der Waals surface area contributed by atoms with Gasteiger partial charge in [-0.15, -0.1) is 0 Å². The lowest BCUT2D eigenvalue weighted by atomic mass is 9.98. The van der Waals surface area contributed by atoms with E-state index in [1.165, 1.54) is 13.8 Å². The number of rotatable bonds is 5. The third-order valence-corrected chi connectivity index (χ3v) is 1.58. The average molecular weight is 187 g/mol. The molecule has 0 fully saturated rings. The van der Waals surface area contributed by atoms with Gasteiger partial charge in [0.05, 0.1) is 5.54 Å². The molecule has 0 radical (unpaired) electrons. The van der Waals surface area contributed by atoms with Gasteiger partial charge in [0, 0.05) is 13.3 Å². The third-order valence-electron chi connectivity index (χ3n) is 1.58. The molecule has 0 aromatic heterocycles.